The van der Waals surface area contributed by atoms with Crippen molar-refractivity contribution in [2.75, 3.05) is 5.32 Å². The summed E-state index contributed by atoms with van der Waals surface area (Å²) >= 11 is 5.87. The molecule has 0 aromatic carbocycles. The first-order valence-electron chi connectivity index (χ1n) is 8.95. The summed E-state index contributed by atoms with van der Waals surface area (Å²) in [6.45, 7) is 0. The van der Waals surface area contributed by atoms with Crippen LogP contribution >= 0.6 is 11.6 Å². The number of nitrogens with one attached hydrogen (secondary N) is 1. The molecule has 1 aromatic heterocycles. The normalized spacial score (nSPS) is 20.2. The van der Waals surface area contributed by atoms with Crippen LogP contribution in [0.2, 0.25) is 5.02 Å². The molecule has 2 saturated carbocycles. The third-order valence-electron chi connectivity index (χ3n) is 5.13. The molecule has 2 aliphatic carbocycles. The summed E-state index contributed by atoms with van der Waals surface area (Å²) in [5.74, 6) is 0.580. The number of anilines is 1. The van der Waals surface area contributed by atoms with Gasteiger partial charge in [-0.3, -0.25) is 5.32 Å². The fourth-order valence-corrected chi connectivity index (χ4v) is 4.08. The summed E-state index contributed by atoms with van der Waals surface area (Å²) in [5, 5.41) is 3.56. The number of aromatic nitrogens is 1. The van der Waals surface area contributed by atoms with Crippen molar-refractivity contribution in [2.45, 2.75) is 76.3 Å². The maximum absolute atomic E-state index is 12.9. The lowest BCUT2D eigenvalue weighted by molar-refractivity contribution is 0.114. The summed E-state index contributed by atoms with van der Waals surface area (Å²) in [6.07, 6.45) is 13.7. The summed E-state index contributed by atoms with van der Waals surface area (Å²) in [7, 11) is 0. The zero-order valence-corrected chi connectivity index (χ0v) is 14.4. The van der Waals surface area contributed by atoms with Crippen LogP contribution in [-0.4, -0.2) is 28.0 Å². The summed E-state index contributed by atoms with van der Waals surface area (Å²) in [4.78, 5) is 19.3. The van der Waals surface area contributed by atoms with Crippen molar-refractivity contribution in [1.29, 1.82) is 0 Å². The minimum absolute atomic E-state index is 0.0126. The van der Waals surface area contributed by atoms with Crippen molar-refractivity contribution in [2.24, 2.45) is 0 Å². The van der Waals surface area contributed by atoms with E-state index in [1.165, 1.54) is 38.5 Å². The highest BCUT2D eigenvalue weighted by atomic mass is 35.5. The molecule has 2 aliphatic rings. The van der Waals surface area contributed by atoms with Crippen LogP contribution in [0.25, 0.3) is 0 Å². The molecule has 0 spiro atoms. The highest BCUT2D eigenvalue weighted by Gasteiger charge is 2.32. The number of amides is 2. The zero-order chi connectivity index (χ0) is 16.1. The van der Waals surface area contributed by atoms with Crippen LogP contribution < -0.4 is 5.32 Å². The molecule has 0 saturated heterocycles. The van der Waals surface area contributed by atoms with Gasteiger partial charge in [-0.1, -0.05) is 50.1 Å². The molecule has 4 nitrogen and oxygen atoms in total. The first kappa shape index (κ1) is 16.6. The van der Waals surface area contributed by atoms with Gasteiger partial charge in [0.1, 0.15) is 5.82 Å². The number of rotatable bonds is 3. The Labute approximate surface area is 143 Å². The van der Waals surface area contributed by atoms with Crippen molar-refractivity contribution >= 4 is 23.4 Å². The third-order valence-corrected chi connectivity index (χ3v) is 5.36. The van der Waals surface area contributed by atoms with Crippen molar-refractivity contribution in [3.8, 4) is 0 Å². The first-order valence-corrected chi connectivity index (χ1v) is 9.33. The van der Waals surface area contributed by atoms with E-state index < -0.39 is 0 Å². The Balaban J connectivity index is 1.72. The van der Waals surface area contributed by atoms with Gasteiger partial charge in [-0.25, -0.2) is 9.78 Å². The fourth-order valence-electron chi connectivity index (χ4n) is 3.97. The van der Waals surface area contributed by atoms with Gasteiger partial charge in [0.25, 0.3) is 0 Å². The topological polar surface area (TPSA) is 45.2 Å². The van der Waals surface area contributed by atoms with Crippen LogP contribution in [0.1, 0.15) is 64.2 Å². The van der Waals surface area contributed by atoms with Crippen LogP contribution in [0.4, 0.5) is 10.6 Å². The van der Waals surface area contributed by atoms with E-state index in [-0.39, 0.29) is 6.03 Å². The van der Waals surface area contributed by atoms with Crippen LogP contribution in [0.3, 0.4) is 0 Å². The molecular weight excluding hydrogens is 310 g/mol. The molecule has 2 amide bonds. The molecule has 3 rings (SSSR count). The van der Waals surface area contributed by atoms with Gasteiger partial charge in [0.05, 0.1) is 5.02 Å². The molecule has 0 aliphatic heterocycles. The standard InChI is InChI=1S/C18H26ClN3O/c19-14-11-12-17(20-13-14)21-18(23)22(15-7-3-1-4-8-15)16-9-5-2-6-10-16/h11-13,15-16H,1-10H2,(H,20,21,23). The second-order valence-electron chi connectivity index (χ2n) is 6.78. The molecule has 0 radical (unpaired) electrons. The molecule has 0 atom stereocenters. The number of carbonyl (C=O) groups excluding carboxylic acids is 1. The lowest BCUT2D eigenvalue weighted by atomic mass is 9.89. The number of nitrogens with zero attached hydrogens (tertiary/aromatic N) is 2. The van der Waals surface area contributed by atoms with E-state index in [4.69, 9.17) is 11.6 Å². The van der Waals surface area contributed by atoms with E-state index in [9.17, 15) is 4.79 Å². The van der Waals surface area contributed by atoms with Gasteiger partial charge in [-0.2, -0.15) is 0 Å². The van der Waals surface area contributed by atoms with Gasteiger partial charge in [0, 0.05) is 18.3 Å². The lowest BCUT2D eigenvalue weighted by Gasteiger charge is -2.41. The Morgan fingerprint density at radius 2 is 1.57 bits per heavy atom. The SMILES string of the molecule is O=C(Nc1ccc(Cl)cn1)N(C1CCCCC1)C1CCCCC1. The largest absolute Gasteiger partial charge is 0.323 e. The molecular formula is C18H26ClN3O. The molecule has 0 unspecified atom stereocenters. The number of halogens is 1. The smallest absolute Gasteiger partial charge is 0.319 e. The van der Waals surface area contributed by atoms with Crippen molar-refractivity contribution in [3.63, 3.8) is 0 Å². The third kappa shape index (κ3) is 4.37. The van der Waals surface area contributed by atoms with Crippen LogP contribution in [-0.2, 0) is 0 Å². The van der Waals surface area contributed by atoms with Gasteiger partial charge < -0.3 is 4.90 Å². The Kier molecular flexibility index (Phi) is 5.76. The predicted molar refractivity (Wildman–Crippen MR) is 93.9 cm³/mol. The summed E-state index contributed by atoms with van der Waals surface area (Å²) < 4.78 is 0. The Morgan fingerprint density at radius 3 is 2.04 bits per heavy atom. The minimum Gasteiger partial charge on any atom is -0.319 e. The van der Waals surface area contributed by atoms with E-state index in [0.29, 0.717) is 22.9 Å². The Hall–Kier alpha value is -1.29. The maximum Gasteiger partial charge on any atom is 0.323 e. The van der Waals surface area contributed by atoms with E-state index in [1.54, 1.807) is 18.3 Å². The van der Waals surface area contributed by atoms with E-state index in [2.05, 4.69) is 15.2 Å². The minimum atomic E-state index is 0.0126. The lowest BCUT2D eigenvalue weighted by Crippen LogP contribution is -2.50. The van der Waals surface area contributed by atoms with Crippen LogP contribution in [0.5, 0.6) is 0 Å². The number of carbonyl (C=O) groups is 1. The first-order chi connectivity index (χ1) is 11.2. The highest BCUT2D eigenvalue weighted by molar-refractivity contribution is 6.30. The second-order valence-corrected chi connectivity index (χ2v) is 7.22. The fraction of sp³-hybridized carbons (Fsp3) is 0.667. The maximum atomic E-state index is 12.9. The van der Waals surface area contributed by atoms with Gasteiger partial charge in [0.2, 0.25) is 0 Å². The molecule has 0 bridgehead atoms. The number of pyridine rings is 1. The molecule has 1 N–H and O–H groups in total. The monoisotopic (exact) mass is 335 g/mol. The molecule has 5 heteroatoms. The molecule has 1 heterocycles. The molecule has 2 fully saturated rings. The average molecular weight is 336 g/mol. The molecule has 23 heavy (non-hydrogen) atoms. The van der Waals surface area contributed by atoms with Crippen molar-refractivity contribution < 1.29 is 4.79 Å². The average Bonchev–Trinajstić information content (AvgIpc) is 2.59. The van der Waals surface area contributed by atoms with Crippen molar-refractivity contribution in [3.05, 3.63) is 23.4 Å². The highest BCUT2D eigenvalue weighted by Crippen LogP contribution is 2.30. The second kappa shape index (κ2) is 8.00. The van der Waals surface area contributed by atoms with Gasteiger partial charge in [0.15, 0.2) is 0 Å². The number of urea groups is 1. The zero-order valence-electron chi connectivity index (χ0n) is 13.6. The van der Waals surface area contributed by atoms with Crippen molar-refractivity contribution in [1.82, 2.24) is 9.88 Å². The Morgan fingerprint density at radius 1 is 1.00 bits per heavy atom. The van der Waals surface area contributed by atoms with E-state index in [0.717, 1.165) is 25.7 Å². The van der Waals surface area contributed by atoms with Crippen LogP contribution in [0, 0.1) is 0 Å². The van der Waals surface area contributed by atoms with E-state index >= 15 is 0 Å². The quantitative estimate of drug-likeness (QED) is 0.821. The van der Waals surface area contributed by atoms with Gasteiger partial charge in [-0.05, 0) is 37.8 Å². The molecule has 1 aromatic rings. The number of hydrogen-bond donors (Lipinski definition) is 1. The van der Waals surface area contributed by atoms with E-state index in [1.807, 2.05) is 0 Å². The van der Waals surface area contributed by atoms with Gasteiger partial charge >= 0.3 is 6.03 Å². The number of hydrogen-bond acceptors (Lipinski definition) is 2. The summed E-state index contributed by atoms with van der Waals surface area (Å²) in [5.41, 5.74) is 0. The van der Waals surface area contributed by atoms with Gasteiger partial charge in [-0.15, -0.1) is 0 Å². The van der Waals surface area contributed by atoms with Crippen LogP contribution in [0.15, 0.2) is 18.3 Å². The Bertz CT molecular complexity index is 490. The predicted octanol–water partition coefficient (Wildman–Crippen LogP) is 5.23. The molecule has 126 valence electrons. The summed E-state index contributed by atoms with van der Waals surface area (Å²) in [6, 6.07) is 4.31.